The number of hydrogen-bond acceptors (Lipinski definition) is 4. The lowest BCUT2D eigenvalue weighted by Crippen LogP contribution is -2.32. The van der Waals surface area contributed by atoms with Crippen LogP contribution in [-0.2, 0) is 17.9 Å². The highest BCUT2D eigenvalue weighted by Crippen LogP contribution is 2.29. The number of halogens is 2. The molecule has 0 spiro atoms. The maximum atomic E-state index is 13.1. The molecule has 0 unspecified atom stereocenters. The SMILES string of the molecule is O=C(Cn1cnc2c(sc3ccccc32)c1=O)NCc1ccc(F)cc1Cl. The van der Waals surface area contributed by atoms with E-state index in [1.807, 2.05) is 24.3 Å². The maximum Gasteiger partial charge on any atom is 0.271 e. The van der Waals surface area contributed by atoms with E-state index in [9.17, 15) is 14.0 Å². The zero-order chi connectivity index (χ0) is 19.0. The molecule has 2 aromatic heterocycles. The lowest BCUT2D eigenvalue weighted by Gasteiger charge is -2.08. The van der Waals surface area contributed by atoms with Gasteiger partial charge in [0.15, 0.2) is 0 Å². The van der Waals surface area contributed by atoms with Crippen LogP contribution in [0.2, 0.25) is 5.02 Å². The number of carbonyl (C=O) groups excluding carboxylic acids is 1. The monoisotopic (exact) mass is 401 g/mol. The summed E-state index contributed by atoms with van der Waals surface area (Å²) < 4.78 is 15.8. The Morgan fingerprint density at radius 3 is 2.89 bits per heavy atom. The van der Waals surface area contributed by atoms with E-state index in [2.05, 4.69) is 10.3 Å². The first-order valence-electron chi connectivity index (χ1n) is 8.10. The van der Waals surface area contributed by atoms with E-state index in [0.29, 0.717) is 15.8 Å². The number of hydrogen-bond donors (Lipinski definition) is 1. The summed E-state index contributed by atoms with van der Waals surface area (Å²) in [5, 5.41) is 3.84. The number of aromatic nitrogens is 2. The molecule has 1 amide bonds. The van der Waals surface area contributed by atoms with Crippen LogP contribution in [0.4, 0.5) is 4.39 Å². The molecule has 5 nitrogen and oxygen atoms in total. The molecule has 4 rings (SSSR count). The van der Waals surface area contributed by atoms with E-state index in [1.54, 1.807) is 0 Å². The number of benzene rings is 2. The maximum absolute atomic E-state index is 13.1. The molecule has 2 heterocycles. The Balaban J connectivity index is 1.54. The van der Waals surface area contributed by atoms with Gasteiger partial charge >= 0.3 is 0 Å². The minimum absolute atomic E-state index is 0.144. The fraction of sp³-hybridized carbons (Fsp3) is 0.105. The Bertz CT molecular complexity index is 1230. The van der Waals surface area contributed by atoms with Crippen molar-refractivity contribution in [3.8, 4) is 0 Å². The van der Waals surface area contributed by atoms with E-state index in [-0.39, 0.29) is 29.6 Å². The largest absolute Gasteiger partial charge is 0.350 e. The number of thiophene rings is 1. The Morgan fingerprint density at radius 1 is 1.26 bits per heavy atom. The Morgan fingerprint density at radius 2 is 2.07 bits per heavy atom. The van der Waals surface area contributed by atoms with Gasteiger partial charge in [0.2, 0.25) is 5.91 Å². The molecule has 0 saturated heterocycles. The van der Waals surface area contributed by atoms with Crippen LogP contribution in [0, 0.1) is 5.82 Å². The summed E-state index contributed by atoms with van der Waals surface area (Å²) in [5.41, 5.74) is 0.989. The minimum Gasteiger partial charge on any atom is -0.350 e. The summed E-state index contributed by atoms with van der Waals surface area (Å²) in [4.78, 5) is 29.3. The van der Waals surface area contributed by atoms with Crippen LogP contribution in [0.15, 0.2) is 53.6 Å². The van der Waals surface area contributed by atoms with Gasteiger partial charge in [-0.15, -0.1) is 11.3 Å². The Kier molecular flexibility index (Phi) is 4.63. The third kappa shape index (κ3) is 3.43. The summed E-state index contributed by atoms with van der Waals surface area (Å²) >= 11 is 7.31. The molecule has 0 saturated carbocycles. The van der Waals surface area contributed by atoms with E-state index in [0.717, 1.165) is 10.1 Å². The molecular weight excluding hydrogens is 389 g/mol. The zero-order valence-electron chi connectivity index (χ0n) is 13.9. The van der Waals surface area contributed by atoms with Crippen molar-refractivity contribution in [1.82, 2.24) is 14.9 Å². The van der Waals surface area contributed by atoms with Crippen molar-refractivity contribution >= 4 is 49.1 Å². The fourth-order valence-corrected chi connectivity index (χ4v) is 4.14. The molecule has 0 bridgehead atoms. The zero-order valence-corrected chi connectivity index (χ0v) is 15.5. The van der Waals surface area contributed by atoms with Crippen LogP contribution >= 0.6 is 22.9 Å². The van der Waals surface area contributed by atoms with Crippen molar-refractivity contribution in [2.45, 2.75) is 13.1 Å². The molecule has 1 N–H and O–H groups in total. The van der Waals surface area contributed by atoms with Crippen molar-refractivity contribution in [2.75, 3.05) is 0 Å². The first kappa shape index (κ1) is 17.6. The van der Waals surface area contributed by atoms with Crippen molar-refractivity contribution in [1.29, 1.82) is 0 Å². The molecule has 4 aromatic rings. The Hall–Kier alpha value is -2.77. The van der Waals surface area contributed by atoms with Gasteiger partial charge in [-0.2, -0.15) is 0 Å². The number of carbonyl (C=O) groups is 1. The van der Waals surface area contributed by atoms with Gasteiger partial charge in [0.25, 0.3) is 5.56 Å². The van der Waals surface area contributed by atoms with Crippen LogP contribution in [0.25, 0.3) is 20.3 Å². The number of amides is 1. The highest BCUT2D eigenvalue weighted by molar-refractivity contribution is 7.25. The van der Waals surface area contributed by atoms with Crippen LogP contribution in [0.1, 0.15) is 5.56 Å². The summed E-state index contributed by atoms with van der Waals surface area (Å²) in [5.74, 6) is -0.802. The summed E-state index contributed by atoms with van der Waals surface area (Å²) in [6.07, 6.45) is 1.38. The lowest BCUT2D eigenvalue weighted by atomic mass is 10.2. The van der Waals surface area contributed by atoms with E-state index in [1.165, 1.54) is 40.4 Å². The number of nitrogens with zero attached hydrogens (tertiary/aromatic N) is 2. The van der Waals surface area contributed by atoms with Gasteiger partial charge in [-0.1, -0.05) is 35.9 Å². The minimum atomic E-state index is -0.440. The van der Waals surface area contributed by atoms with Gasteiger partial charge in [0.1, 0.15) is 17.1 Å². The van der Waals surface area contributed by atoms with Crippen molar-refractivity contribution < 1.29 is 9.18 Å². The summed E-state index contributed by atoms with van der Waals surface area (Å²) in [7, 11) is 0. The smallest absolute Gasteiger partial charge is 0.271 e. The molecule has 0 fully saturated rings. The lowest BCUT2D eigenvalue weighted by molar-refractivity contribution is -0.121. The topological polar surface area (TPSA) is 64.0 Å². The van der Waals surface area contributed by atoms with Crippen molar-refractivity contribution in [3.05, 3.63) is 75.5 Å². The average Bonchev–Trinajstić information content (AvgIpc) is 3.03. The molecule has 0 aliphatic carbocycles. The predicted molar refractivity (Wildman–Crippen MR) is 105 cm³/mol. The second-order valence-electron chi connectivity index (χ2n) is 5.97. The van der Waals surface area contributed by atoms with Crippen LogP contribution < -0.4 is 10.9 Å². The van der Waals surface area contributed by atoms with Crippen molar-refractivity contribution in [2.24, 2.45) is 0 Å². The number of rotatable bonds is 4. The molecule has 8 heteroatoms. The normalized spacial score (nSPS) is 11.2. The second-order valence-corrected chi connectivity index (χ2v) is 7.43. The molecule has 0 aliphatic rings. The van der Waals surface area contributed by atoms with Gasteiger partial charge in [-0.3, -0.25) is 14.2 Å². The quantitative estimate of drug-likeness (QED) is 0.567. The van der Waals surface area contributed by atoms with Gasteiger partial charge in [-0.05, 0) is 23.8 Å². The Labute approximate surface area is 162 Å². The standard InChI is InChI=1S/C19H13ClFN3O2S/c20-14-7-12(21)6-5-11(14)8-22-16(25)9-24-10-23-17-13-3-1-2-4-15(13)27-18(17)19(24)26/h1-7,10H,8-9H2,(H,22,25). The first-order valence-corrected chi connectivity index (χ1v) is 9.29. The molecule has 136 valence electrons. The molecule has 0 radical (unpaired) electrons. The van der Waals surface area contributed by atoms with E-state index in [4.69, 9.17) is 11.6 Å². The molecule has 2 aromatic carbocycles. The fourth-order valence-electron chi connectivity index (χ4n) is 2.80. The first-order chi connectivity index (χ1) is 13.0. The van der Waals surface area contributed by atoms with E-state index < -0.39 is 5.82 Å². The van der Waals surface area contributed by atoms with Crippen LogP contribution in [0.5, 0.6) is 0 Å². The average molecular weight is 402 g/mol. The third-order valence-electron chi connectivity index (χ3n) is 4.16. The van der Waals surface area contributed by atoms with Gasteiger partial charge < -0.3 is 5.32 Å². The van der Waals surface area contributed by atoms with Crippen LogP contribution in [0.3, 0.4) is 0 Å². The summed E-state index contributed by atoms with van der Waals surface area (Å²) in [6, 6.07) is 11.6. The van der Waals surface area contributed by atoms with Gasteiger partial charge in [-0.25, -0.2) is 9.37 Å². The highest BCUT2D eigenvalue weighted by Gasteiger charge is 2.13. The molecule has 0 aliphatic heterocycles. The number of nitrogens with one attached hydrogen (secondary N) is 1. The molecular formula is C19H13ClFN3O2S. The van der Waals surface area contributed by atoms with Gasteiger partial charge in [0, 0.05) is 21.7 Å². The second kappa shape index (κ2) is 7.09. The highest BCUT2D eigenvalue weighted by atomic mass is 35.5. The number of fused-ring (bicyclic) bond motifs is 3. The molecule has 0 atom stereocenters. The van der Waals surface area contributed by atoms with E-state index >= 15 is 0 Å². The predicted octanol–water partition coefficient (Wildman–Crippen LogP) is 3.72. The van der Waals surface area contributed by atoms with Gasteiger partial charge in [0.05, 0.1) is 11.8 Å². The molecule has 27 heavy (non-hydrogen) atoms. The van der Waals surface area contributed by atoms with Crippen LogP contribution in [-0.4, -0.2) is 15.5 Å². The third-order valence-corrected chi connectivity index (χ3v) is 5.66. The van der Waals surface area contributed by atoms with Crippen molar-refractivity contribution in [3.63, 3.8) is 0 Å². The summed E-state index contributed by atoms with van der Waals surface area (Å²) in [6.45, 7) is -0.0138.